The van der Waals surface area contributed by atoms with E-state index in [9.17, 15) is 4.39 Å². The number of hydrazine groups is 1. The van der Waals surface area contributed by atoms with Crippen LogP contribution >= 0.6 is 0 Å². The molecule has 6 nitrogen and oxygen atoms in total. The zero-order chi connectivity index (χ0) is 13.7. The molecule has 2 aromatic rings. The zero-order valence-corrected chi connectivity index (χ0v) is 10.4. The maximum Gasteiger partial charge on any atom is 0.158 e. The van der Waals surface area contributed by atoms with E-state index in [1.807, 2.05) is 0 Å². The molecule has 0 saturated carbocycles. The number of benzene rings is 1. The number of hydrogen-bond donors (Lipinski definition) is 3. The summed E-state index contributed by atoms with van der Waals surface area (Å²) in [6.45, 7) is 0.271. The predicted molar refractivity (Wildman–Crippen MR) is 70.2 cm³/mol. The summed E-state index contributed by atoms with van der Waals surface area (Å²) in [7, 11) is 1.55. The lowest BCUT2D eigenvalue weighted by Crippen LogP contribution is -2.11. The van der Waals surface area contributed by atoms with Crippen LogP contribution in [0.3, 0.4) is 0 Å². The Morgan fingerprint density at radius 1 is 1.21 bits per heavy atom. The highest BCUT2D eigenvalue weighted by Crippen LogP contribution is 2.17. The number of nitrogens with one attached hydrogen (secondary N) is 2. The molecule has 19 heavy (non-hydrogen) atoms. The molecule has 0 saturated heterocycles. The number of anilines is 3. The maximum absolute atomic E-state index is 12.8. The second kappa shape index (κ2) is 6.07. The van der Waals surface area contributed by atoms with E-state index in [2.05, 4.69) is 20.7 Å². The van der Waals surface area contributed by atoms with Gasteiger partial charge in [0.1, 0.15) is 24.1 Å². The van der Waals surface area contributed by atoms with E-state index in [1.165, 1.54) is 12.1 Å². The van der Waals surface area contributed by atoms with Crippen LogP contribution in [0.15, 0.2) is 30.3 Å². The van der Waals surface area contributed by atoms with Gasteiger partial charge in [-0.2, -0.15) is 0 Å². The van der Waals surface area contributed by atoms with E-state index in [4.69, 9.17) is 10.6 Å². The SMILES string of the molecule is COCc1nc(NN)cc(Nc2ccc(F)cc2)n1. The summed E-state index contributed by atoms with van der Waals surface area (Å²) in [5.41, 5.74) is 3.17. The van der Waals surface area contributed by atoms with E-state index in [0.29, 0.717) is 23.1 Å². The Morgan fingerprint density at radius 3 is 2.53 bits per heavy atom. The Balaban J connectivity index is 2.23. The first-order chi connectivity index (χ1) is 9.21. The minimum Gasteiger partial charge on any atom is -0.377 e. The maximum atomic E-state index is 12.8. The monoisotopic (exact) mass is 263 g/mol. The molecule has 0 radical (unpaired) electrons. The normalized spacial score (nSPS) is 10.3. The molecule has 0 atom stereocenters. The van der Waals surface area contributed by atoms with Gasteiger partial charge in [0.05, 0.1) is 0 Å². The van der Waals surface area contributed by atoms with Gasteiger partial charge < -0.3 is 15.5 Å². The van der Waals surface area contributed by atoms with Gasteiger partial charge >= 0.3 is 0 Å². The van der Waals surface area contributed by atoms with Gasteiger partial charge in [-0.25, -0.2) is 20.2 Å². The molecule has 0 amide bonds. The van der Waals surface area contributed by atoms with Crippen molar-refractivity contribution in [3.8, 4) is 0 Å². The quantitative estimate of drug-likeness (QED) is 0.563. The van der Waals surface area contributed by atoms with Gasteiger partial charge in [0, 0.05) is 18.9 Å². The van der Waals surface area contributed by atoms with Crippen molar-refractivity contribution in [3.63, 3.8) is 0 Å². The molecular weight excluding hydrogens is 249 g/mol. The minimum absolute atomic E-state index is 0.271. The average molecular weight is 263 g/mol. The Bertz CT molecular complexity index is 546. The molecular formula is C12H14FN5O. The number of nitrogens with two attached hydrogens (primary N) is 1. The van der Waals surface area contributed by atoms with Gasteiger partial charge in [0.25, 0.3) is 0 Å². The van der Waals surface area contributed by atoms with Crippen molar-refractivity contribution < 1.29 is 9.13 Å². The summed E-state index contributed by atoms with van der Waals surface area (Å²) in [5.74, 6) is 6.54. The highest BCUT2D eigenvalue weighted by molar-refractivity contribution is 5.58. The Labute approximate surface area is 109 Å². The molecule has 0 aliphatic carbocycles. The van der Waals surface area contributed by atoms with Crippen molar-refractivity contribution in [2.45, 2.75) is 6.61 Å². The fourth-order valence-corrected chi connectivity index (χ4v) is 1.51. The van der Waals surface area contributed by atoms with Gasteiger partial charge in [0.2, 0.25) is 0 Å². The zero-order valence-electron chi connectivity index (χ0n) is 10.4. The highest BCUT2D eigenvalue weighted by Gasteiger charge is 2.04. The van der Waals surface area contributed by atoms with Gasteiger partial charge in [0.15, 0.2) is 5.82 Å². The third-order valence-corrected chi connectivity index (χ3v) is 2.31. The molecule has 0 bridgehead atoms. The molecule has 4 N–H and O–H groups in total. The van der Waals surface area contributed by atoms with Crippen LogP contribution in [0, 0.1) is 5.82 Å². The summed E-state index contributed by atoms with van der Waals surface area (Å²) in [4.78, 5) is 8.38. The number of nitrogen functional groups attached to an aromatic ring is 1. The van der Waals surface area contributed by atoms with Crippen LogP contribution in [0.4, 0.5) is 21.7 Å². The second-order valence-electron chi connectivity index (χ2n) is 3.76. The molecule has 1 aromatic carbocycles. The first kappa shape index (κ1) is 13.2. The summed E-state index contributed by atoms with van der Waals surface area (Å²) < 4.78 is 17.8. The van der Waals surface area contributed by atoms with Crippen molar-refractivity contribution in [1.82, 2.24) is 9.97 Å². The molecule has 7 heteroatoms. The largest absolute Gasteiger partial charge is 0.377 e. The lowest BCUT2D eigenvalue weighted by molar-refractivity contribution is 0.178. The smallest absolute Gasteiger partial charge is 0.158 e. The second-order valence-corrected chi connectivity index (χ2v) is 3.76. The van der Waals surface area contributed by atoms with Crippen molar-refractivity contribution in [1.29, 1.82) is 0 Å². The van der Waals surface area contributed by atoms with Crippen LogP contribution in [0.1, 0.15) is 5.82 Å². The Hall–Kier alpha value is -2.25. The topological polar surface area (TPSA) is 85.1 Å². The molecule has 0 aliphatic rings. The van der Waals surface area contributed by atoms with Crippen LogP contribution in [0.25, 0.3) is 0 Å². The van der Waals surface area contributed by atoms with Crippen molar-refractivity contribution in [2.24, 2.45) is 5.84 Å². The van der Waals surface area contributed by atoms with Crippen LogP contribution in [-0.4, -0.2) is 17.1 Å². The Morgan fingerprint density at radius 2 is 1.89 bits per heavy atom. The summed E-state index contributed by atoms with van der Waals surface area (Å²) in [6, 6.07) is 7.60. The summed E-state index contributed by atoms with van der Waals surface area (Å²) in [5, 5.41) is 3.04. The molecule has 0 spiro atoms. The summed E-state index contributed by atoms with van der Waals surface area (Å²) >= 11 is 0. The van der Waals surface area contributed by atoms with Crippen molar-refractivity contribution in [2.75, 3.05) is 17.9 Å². The standard InChI is InChI=1S/C12H14FN5O/c1-19-7-12-16-10(6-11(17-12)18-14)15-9-4-2-8(13)3-5-9/h2-6H,7,14H2,1H3,(H2,15,16,17,18). The van der Waals surface area contributed by atoms with Crippen LogP contribution in [0.5, 0.6) is 0 Å². The fourth-order valence-electron chi connectivity index (χ4n) is 1.51. The number of aromatic nitrogens is 2. The van der Waals surface area contributed by atoms with Crippen LogP contribution in [-0.2, 0) is 11.3 Å². The molecule has 1 heterocycles. The van der Waals surface area contributed by atoms with E-state index in [0.717, 1.165) is 0 Å². The van der Waals surface area contributed by atoms with Gasteiger partial charge in [-0.15, -0.1) is 0 Å². The van der Waals surface area contributed by atoms with Crippen molar-refractivity contribution >= 4 is 17.3 Å². The highest BCUT2D eigenvalue weighted by atomic mass is 19.1. The number of hydrogen-bond acceptors (Lipinski definition) is 6. The lowest BCUT2D eigenvalue weighted by Gasteiger charge is -2.09. The molecule has 1 aromatic heterocycles. The predicted octanol–water partition coefficient (Wildman–Crippen LogP) is 1.79. The molecule has 100 valence electrons. The van der Waals surface area contributed by atoms with Gasteiger partial charge in [-0.1, -0.05) is 0 Å². The van der Waals surface area contributed by atoms with E-state index in [-0.39, 0.29) is 12.4 Å². The first-order valence-corrected chi connectivity index (χ1v) is 5.57. The number of nitrogens with zero attached hydrogens (tertiary/aromatic N) is 2. The number of halogens is 1. The molecule has 0 fully saturated rings. The van der Waals surface area contributed by atoms with E-state index in [1.54, 1.807) is 25.3 Å². The average Bonchev–Trinajstić information content (AvgIpc) is 2.41. The number of rotatable bonds is 5. The van der Waals surface area contributed by atoms with E-state index < -0.39 is 0 Å². The van der Waals surface area contributed by atoms with Crippen LogP contribution < -0.4 is 16.6 Å². The third kappa shape index (κ3) is 3.60. The molecule has 0 aliphatic heterocycles. The molecule has 2 rings (SSSR count). The van der Waals surface area contributed by atoms with E-state index >= 15 is 0 Å². The van der Waals surface area contributed by atoms with Gasteiger partial charge in [-0.05, 0) is 24.3 Å². The Kier molecular flexibility index (Phi) is 4.22. The fraction of sp³-hybridized carbons (Fsp3) is 0.167. The van der Waals surface area contributed by atoms with Crippen LogP contribution in [0.2, 0.25) is 0 Å². The number of methoxy groups -OCH3 is 1. The molecule has 0 unspecified atom stereocenters. The minimum atomic E-state index is -0.294. The van der Waals surface area contributed by atoms with Crippen molar-refractivity contribution in [3.05, 3.63) is 42.0 Å². The van der Waals surface area contributed by atoms with Gasteiger partial charge in [-0.3, -0.25) is 0 Å². The number of ether oxygens (including phenoxy) is 1. The summed E-state index contributed by atoms with van der Waals surface area (Å²) in [6.07, 6.45) is 0. The third-order valence-electron chi connectivity index (χ3n) is 2.31. The first-order valence-electron chi connectivity index (χ1n) is 5.57. The lowest BCUT2D eigenvalue weighted by atomic mass is 10.3.